The van der Waals surface area contributed by atoms with Crippen molar-refractivity contribution >= 4 is 28.8 Å². The van der Waals surface area contributed by atoms with Crippen LogP contribution in [0.3, 0.4) is 0 Å². The third kappa shape index (κ3) is 4.30. The van der Waals surface area contributed by atoms with Gasteiger partial charge in [-0.2, -0.15) is 5.26 Å². The highest BCUT2D eigenvalue weighted by atomic mass is 15.3. The maximum atomic E-state index is 9.25. The zero-order valence-corrected chi connectivity index (χ0v) is 22.4. The van der Waals surface area contributed by atoms with Crippen LogP contribution in [0, 0.1) is 11.3 Å². The van der Waals surface area contributed by atoms with Crippen LogP contribution in [-0.4, -0.2) is 6.21 Å². The SMILES string of the molecule is N#CC1=CC(c2ccc(C3=CCCC(N4C5=C(CCC=C5)N(c5ccccc5)c5ccccc54)=C3)cc2)CC=N1. The quantitative estimate of drug-likeness (QED) is 0.346. The third-order valence-electron chi connectivity index (χ3n) is 8.12. The Kier molecular flexibility index (Phi) is 6.26. The van der Waals surface area contributed by atoms with E-state index >= 15 is 0 Å². The van der Waals surface area contributed by atoms with Gasteiger partial charge in [-0.15, -0.1) is 0 Å². The molecule has 40 heavy (non-hydrogen) atoms. The van der Waals surface area contributed by atoms with E-state index in [9.17, 15) is 5.26 Å². The van der Waals surface area contributed by atoms with E-state index in [1.54, 1.807) is 0 Å². The highest BCUT2D eigenvalue weighted by Gasteiger charge is 2.33. The van der Waals surface area contributed by atoms with Crippen molar-refractivity contribution in [1.82, 2.24) is 0 Å². The molecule has 0 amide bonds. The topological polar surface area (TPSA) is 42.6 Å². The standard InChI is InChI=1S/C36H30N4/c37-25-30-23-29(21-22-38-30)27-19-17-26(18-20-27)28-9-8-12-32(24-28)40-35-15-6-4-13-33(35)39(31-10-2-1-3-11-31)34-14-5-7-16-36(34)40/h1-4,6-7,9-11,13,15-20,22-24,29H,5,8,12,14,21H2. The number of rotatable bonds is 4. The number of hydrogen-bond donors (Lipinski definition) is 0. The predicted molar refractivity (Wildman–Crippen MR) is 164 cm³/mol. The monoisotopic (exact) mass is 518 g/mol. The summed E-state index contributed by atoms with van der Waals surface area (Å²) in [6.07, 6.45) is 18.1. The summed E-state index contributed by atoms with van der Waals surface area (Å²) in [5.41, 5.74) is 11.8. The first-order chi connectivity index (χ1) is 19.8. The molecule has 0 aromatic heterocycles. The van der Waals surface area contributed by atoms with Gasteiger partial charge in [-0.25, -0.2) is 0 Å². The Labute approximate surface area is 235 Å². The van der Waals surface area contributed by atoms with E-state index < -0.39 is 0 Å². The van der Waals surface area contributed by atoms with Gasteiger partial charge in [0, 0.05) is 29.2 Å². The molecule has 3 aromatic carbocycles. The Morgan fingerprint density at radius 1 is 0.825 bits per heavy atom. The molecule has 0 bridgehead atoms. The molecule has 2 heterocycles. The summed E-state index contributed by atoms with van der Waals surface area (Å²) in [7, 11) is 0. The van der Waals surface area contributed by atoms with Crippen molar-refractivity contribution in [1.29, 1.82) is 5.26 Å². The second kappa shape index (κ2) is 10.4. The van der Waals surface area contributed by atoms with Gasteiger partial charge < -0.3 is 9.80 Å². The van der Waals surface area contributed by atoms with Gasteiger partial charge in [-0.3, -0.25) is 4.99 Å². The van der Waals surface area contributed by atoms with Gasteiger partial charge in [0.2, 0.25) is 0 Å². The molecular weight excluding hydrogens is 488 g/mol. The zero-order chi connectivity index (χ0) is 26.9. The molecule has 194 valence electrons. The Bertz CT molecular complexity index is 1680. The molecule has 1 atom stereocenters. The van der Waals surface area contributed by atoms with Crippen LogP contribution in [0.1, 0.15) is 49.1 Å². The summed E-state index contributed by atoms with van der Waals surface area (Å²) < 4.78 is 0. The minimum atomic E-state index is 0.202. The second-order valence-electron chi connectivity index (χ2n) is 10.5. The molecule has 2 aliphatic carbocycles. The molecule has 7 rings (SSSR count). The van der Waals surface area contributed by atoms with Crippen LogP contribution in [0.15, 0.2) is 137 Å². The fraction of sp³-hybridized carbons (Fsp3) is 0.167. The first-order valence-corrected chi connectivity index (χ1v) is 14.1. The number of allylic oxidation sites excluding steroid dienone is 9. The average molecular weight is 519 g/mol. The summed E-state index contributed by atoms with van der Waals surface area (Å²) in [6.45, 7) is 0. The highest BCUT2D eigenvalue weighted by Crippen LogP contribution is 2.49. The molecule has 3 aromatic rings. The minimum absolute atomic E-state index is 0.202. The average Bonchev–Trinajstić information content (AvgIpc) is 3.04. The zero-order valence-electron chi connectivity index (χ0n) is 22.4. The summed E-state index contributed by atoms with van der Waals surface area (Å²) in [6, 6.07) is 30.5. The summed E-state index contributed by atoms with van der Waals surface area (Å²) in [4.78, 5) is 9.12. The lowest BCUT2D eigenvalue weighted by atomic mass is 9.90. The number of benzene rings is 3. The third-order valence-corrected chi connectivity index (χ3v) is 8.12. The molecule has 0 fully saturated rings. The second-order valence-corrected chi connectivity index (χ2v) is 10.5. The summed E-state index contributed by atoms with van der Waals surface area (Å²) >= 11 is 0. The minimum Gasteiger partial charge on any atom is -0.310 e. The van der Waals surface area contributed by atoms with Crippen molar-refractivity contribution < 1.29 is 0 Å². The number of aliphatic imine (C=N–C) groups is 1. The molecule has 2 aliphatic heterocycles. The number of para-hydroxylation sites is 3. The molecule has 0 N–H and O–H groups in total. The van der Waals surface area contributed by atoms with Crippen LogP contribution in [0.25, 0.3) is 5.57 Å². The van der Waals surface area contributed by atoms with Crippen molar-refractivity contribution in [2.45, 2.75) is 38.0 Å². The van der Waals surface area contributed by atoms with Crippen molar-refractivity contribution in [3.05, 3.63) is 143 Å². The van der Waals surface area contributed by atoms with E-state index in [1.807, 2.05) is 12.3 Å². The van der Waals surface area contributed by atoms with Crippen LogP contribution in [0.5, 0.6) is 0 Å². The first-order valence-electron chi connectivity index (χ1n) is 14.1. The fourth-order valence-corrected chi connectivity index (χ4v) is 6.22. The fourth-order valence-electron chi connectivity index (χ4n) is 6.22. The Hall–Kier alpha value is -4.88. The molecule has 4 nitrogen and oxygen atoms in total. The number of fused-ring (bicyclic) bond motifs is 1. The van der Waals surface area contributed by atoms with Crippen LogP contribution in [0.4, 0.5) is 17.1 Å². The van der Waals surface area contributed by atoms with Crippen LogP contribution >= 0.6 is 0 Å². The van der Waals surface area contributed by atoms with Gasteiger partial charge in [0.25, 0.3) is 0 Å². The van der Waals surface area contributed by atoms with Crippen LogP contribution in [-0.2, 0) is 0 Å². The molecular formula is C36H30N4. The van der Waals surface area contributed by atoms with Gasteiger partial charge in [0.1, 0.15) is 11.8 Å². The van der Waals surface area contributed by atoms with E-state index in [2.05, 4.69) is 124 Å². The lowest BCUT2D eigenvalue weighted by molar-refractivity contribution is 0.829. The molecule has 4 heteroatoms. The van der Waals surface area contributed by atoms with Gasteiger partial charge >= 0.3 is 0 Å². The van der Waals surface area contributed by atoms with Gasteiger partial charge in [-0.05, 0) is 91.3 Å². The number of anilines is 3. The smallest absolute Gasteiger partial charge is 0.136 e. The normalized spacial score (nSPS) is 19.8. The maximum absolute atomic E-state index is 9.25. The van der Waals surface area contributed by atoms with Crippen molar-refractivity contribution in [2.24, 2.45) is 4.99 Å². The van der Waals surface area contributed by atoms with Gasteiger partial charge in [-0.1, -0.05) is 66.7 Å². The predicted octanol–water partition coefficient (Wildman–Crippen LogP) is 8.93. The molecule has 0 saturated heterocycles. The van der Waals surface area contributed by atoms with Gasteiger partial charge in [0.05, 0.1) is 17.1 Å². The summed E-state index contributed by atoms with van der Waals surface area (Å²) in [5, 5.41) is 9.25. The Morgan fingerprint density at radius 2 is 1.60 bits per heavy atom. The largest absolute Gasteiger partial charge is 0.310 e. The highest BCUT2D eigenvalue weighted by molar-refractivity contribution is 5.89. The Morgan fingerprint density at radius 3 is 2.40 bits per heavy atom. The molecule has 0 saturated carbocycles. The lowest BCUT2D eigenvalue weighted by Crippen LogP contribution is -2.34. The summed E-state index contributed by atoms with van der Waals surface area (Å²) in [5.74, 6) is 0.202. The van der Waals surface area contributed by atoms with Crippen molar-refractivity contribution in [2.75, 3.05) is 9.80 Å². The molecule has 1 unspecified atom stereocenters. The molecule has 0 radical (unpaired) electrons. The first kappa shape index (κ1) is 24.2. The van der Waals surface area contributed by atoms with Crippen molar-refractivity contribution in [3.63, 3.8) is 0 Å². The molecule has 4 aliphatic rings. The van der Waals surface area contributed by atoms with Crippen LogP contribution < -0.4 is 9.80 Å². The lowest BCUT2D eigenvalue weighted by Gasteiger charge is -2.43. The molecule has 0 spiro atoms. The number of hydrogen-bond acceptors (Lipinski definition) is 4. The van der Waals surface area contributed by atoms with E-state index in [0.29, 0.717) is 5.70 Å². The van der Waals surface area contributed by atoms with E-state index in [4.69, 9.17) is 0 Å². The van der Waals surface area contributed by atoms with E-state index in [1.165, 1.54) is 50.9 Å². The van der Waals surface area contributed by atoms with Gasteiger partial charge in [0.15, 0.2) is 0 Å². The number of nitrogens with zero attached hydrogens (tertiary/aromatic N) is 4. The van der Waals surface area contributed by atoms with E-state index in [0.717, 1.165) is 32.1 Å². The number of nitriles is 1. The van der Waals surface area contributed by atoms with Crippen LogP contribution in [0.2, 0.25) is 0 Å². The van der Waals surface area contributed by atoms with E-state index in [-0.39, 0.29) is 5.92 Å². The van der Waals surface area contributed by atoms with Crippen molar-refractivity contribution in [3.8, 4) is 6.07 Å². The maximum Gasteiger partial charge on any atom is 0.136 e. The Balaban J connectivity index is 1.25.